The Morgan fingerprint density at radius 2 is 1.60 bits per heavy atom. The maximum absolute atomic E-state index is 11.7. The SMILES string of the molecule is O=C(O)CN(CC(=O)O)CC(=O)Nc1ccccc1Cl. The van der Waals surface area contributed by atoms with Crippen molar-refractivity contribution in [1.29, 1.82) is 0 Å². The molecular formula is C12H13ClN2O5. The van der Waals surface area contributed by atoms with Crippen LogP contribution in [0.25, 0.3) is 0 Å². The zero-order valence-electron chi connectivity index (χ0n) is 10.4. The smallest absolute Gasteiger partial charge is 0.317 e. The molecule has 0 fully saturated rings. The number of carboxylic acid groups (broad SMARTS) is 2. The van der Waals surface area contributed by atoms with Gasteiger partial charge >= 0.3 is 11.9 Å². The molecule has 3 N–H and O–H groups in total. The first-order valence-corrected chi connectivity index (χ1v) is 5.96. The summed E-state index contributed by atoms with van der Waals surface area (Å²) in [5.41, 5.74) is 0.379. The van der Waals surface area contributed by atoms with Gasteiger partial charge in [0, 0.05) is 0 Å². The number of carboxylic acids is 2. The summed E-state index contributed by atoms with van der Waals surface area (Å²) in [6, 6.07) is 6.54. The molecular weight excluding hydrogens is 288 g/mol. The summed E-state index contributed by atoms with van der Waals surface area (Å²) in [7, 11) is 0. The largest absolute Gasteiger partial charge is 0.480 e. The van der Waals surface area contributed by atoms with Crippen molar-refractivity contribution in [3.63, 3.8) is 0 Å². The first kappa shape index (κ1) is 15.9. The Hall–Kier alpha value is -2.12. The quantitative estimate of drug-likeness (QED) is 0.686. The number of carbonyl (C=O) groups excluding carboxylic acids is 1. The van der Waals surface area contributed by atoms with E-state index in [1.54, 1.807) is 24.3 Å². The average Bonchev–Trinajstić information content (AvgIpc) is 2.30. The van der Waals surface area contributed by atoms with Crippen LogP contribution >= 0.6 is 11.6 Å². The van der Waals surface area contributed by atoms with Crippen LogP contribution in [0.2, 0.25) is 5.02 Å². The van der Waals surface area contributed by atoms with Crippen LogP contribution in [0.3, 0.4) is 0 Å². The third-order valence-electron chi connectivity index (χ3n) is 2.23. The molecule has 20 heavy (non-hydrogen) atoms. The second-order valence-electron chi connectivity index (χ2n) is 3.96. The van der Waals surface area contributed by atoms with Crippen molar-refractivity contribution in [2.45, 2.75) is 0 Å². The Balaban J connectivity index is 2.64. The predicted molar refractivity (Wildman–Crippen MR) is 71.8 cm³/mol. The monoisotopic (exact) mass is 300 g/mol. The standard InChI is InChI=1S/C12H13ClN2O5/c13-8-3-1-2-4-9(8)14-10(16)5-15(6-11(17)18)7-12(19)20/h1-4H,5-7H2,(H,14,16)(H,17,18)(H,19,20). The van der Waals surface area contributed by atoms with Crippen LogP contribution in [-0.2, 0) is 14.4 Å². The second-order valence-corrected chi connectivity index (χ2v) is 4.37. The molecule has 0 aliphatic heterocycles. The molecule has 0 aromatic heterocycles. The van der Waals surface area contributed by atoms with Gasteiger partial charge in [-0.3, -0.25) is 19.3 Å². The lowest BCUT2D eigenvalue weighted by molar-refractivity contribution is -0.142. The van der Waals surface area contributed by atoms with E-state index in [0.29, 0.717) is 10.7 Å². The molecule has 8 heteroatoms. The minimum Gasteiger partial charge on any atom is -0.480 e. The van der Waals surface area contributed by atoms with Crippen molar-refractivity contribution in [3.8, 4) is 0 Å². The van der Waals surface area contributed by atoms with Gasteiger partial charge in [0.1, 0.15) is 0 Å². The summed E-state index contributed by atoms with van der Waals surface area (Å²) in [5, 5.41) is 20.1. The van der Waals surface area contributed by atoms with Crippen molar-refractivity contribution in [1.82, 2.24) is 4.90 Å². The van der Waals surface area contributed by atoms with Gasteiger partial charge in [0.05, 0.1) is 30.3 Å². The number of rotatable bonds is 7. The van der Waals surface area contributed by atoms with Gasteiger partial charge in [0.25, 0.3) is 0 Å². The first-order valence-electron chi connectivity index (χ1n) is 5.59. The number of hydrogen-bond acceptors (Lipinski definition) is 4. The molecule has 1 amide bonds. The topological polar surface area (TPSA) is 107 Å². The number of nitrogens with zero attached hydrogens (tertiary/aromatic N) is 1. The number of carbonyl (C=O) groups is 3. The van der Waals surface area contributed by atoms with E-state index in [9.17, 15) is 14.4 Å². The minimum absolute atomic E-state index is 0.337. The third kappa shape index (κ3) is 5.68. The summed E-state index contributed by atoms with van der Waals surface area (Å²) >= 11 is 5.86. The van der Waals surface area contributed by atoms with Crippen molar-refractivity contribution >= 4 is 35.1 Å². The van der Waals surface area contributed by atoms with E-state index in [2.05, 4.69) is 5.32 Å². The van der Waals surface area contributed by atoms with E-state index in [1.807, 2.05) is 0 Å². The second kappa shape index (κ2) is 7.46. The number of nitrogens with one attached hydrogen (secondary N) is 1. The summed E-state index contributed by atoms with van der Waals surface area (Å²) in [4.78, 5) is 33.9. The average molecular weight is 301 g/mol. The molecule has 0 radical (unpaired) electrons. The van der Waals surface area contributed by atoms with Crippen LogP contribution in [0, 0.1) is 0 Å². The van der Waals surface area contributed by atoms with Crippen LogP contribution in [0.4, 0.5) is 5.69 Å². The van der Waals surface area contributed by atoms with Crippen LogP contribution in [0.5, 0.6) is 0 Å². The molecule has 0 atom stereocenters. The molecule has 0 saturated carbocycles. The van der Waals surface area contributed by atoms with Crippen LogP contribution in [0.1, 0.15) is 0 Å². The van der Waals surface area contributed by atoms with Gasteiger partial charge in [-0.25, -0.2) is 0 Å². The lowest BCUT2D eigenvalue weighted by Crippen LogP contribution is -2.40. The third-order valence-corrected chi connectivity index (χ3v) is 2.56. The van der Waals surface area contributed by atoms with Crippen molar-refractivity contribution in [2.24, 2.45) is 0 Å². The Morgan fingerprint density at radius 1 is 1.05 bits per heavy atom. The van der Waals surface area contributed by atoms with Gasteiger partial charge < -0.3 is 15.5 Å². The number of amides is 1. The lowest BCUT2D eigenvalue weighted by atomic mass is 10.3. The van der Waals surface area contributed by atoms with Crippen LogP contribution < -0.4 is 5.32 Å². The van der Waals surface area contributed by atoms with Gasteiger partial charge in [0.15, 0.2) is 0 Å². The zero-order chi connectivity index (χ0) is 15.1. The molecule has 0 heterocycles. The Labute approximate surface area is 119 Å². The highest BCUT2D eigenvalue weighted by Crippen LogP contribution is 2.20. The molecule has 0 bridgehead atoms. The summed E-state index contributed by atoms with van der Waals surface area (Å²) in [6.45, 7) is -1.44. The highest BCUT2D eigenvalue weighted by molar-refractivity contribution is 6.33. The molecule has 0 unspecified atom stereocenters. The van der Waals surface area contributed by atoms with Gasteiger partial charge in [0.2, 0.25) is 5.91 Å². The van der Waals surface area contributed by atoms with Gasteiger partial charge in [-0.1, -0.05) is 23.7 Å². The Morgan fingerprint density at radius 3 is 2.10 bits per heavy atom. The van der Waals surface area contributed by atoms with E-state index in [-0.39, 0.29) is 6.54 Å². The molecule has 0 saturated heterocycles. The molecule has 7 nitrogen and oxygen atoms in total. The summed E-state index contributed by atoms with van der Waals surface area (Å²) < 4.78 is 0. The molecule has 1 aromatic carbocycles. The predicted octanol–water partition coefficient (Wildman–Crippen LogP) is 0.750. The zero-order valence-corrected chi connectivity index (χ0v) is 11.1. The number of anilines is 1. The number of halogens is 1. The maximum atomic E-state index is 11.7. The van der Waals surface area contributed by atoms with Gasteiger partial charge in [-0.05, 0) is 12.1 Å². The number of hydrogen-bond donors (Lipinski definition) is 3. The highest BCUT2D eigenvalue weighted by atomic mass is 35.5. The van der Waals surface area contributed by atoms with Crippen molar-refractivity contribution in [2.75, 3.05) is 25.0 Å². The molecule has 108 valence electrons. The fourth-order valence-corrected chi connectivity index (χ4v) is 1.69. The molecule has 0 aliphatic carbocycles. The van der Waals surface area contributed by atoms with E-state index >= 15 is 0 Å². The number of aliphatic carboxylic acids is 2. The van der Waals surface area contributed by atoms with E-state index in [0.717, 1.165) is 4.90 Å². The van der Waals surface area contributed by atoms with E-state index in [1.165, 1.54) is 0 Å². The number of para-hydroxylation sites is 1. The minimum atomic E-state index is -1.21. The van der Waals surface area contributed by atoms with Crippen molar-refractivity contribution in [3.05, 3.63) is 29.3 Å². The number of benzene rings is 1. The van der Waals surface area contributed by atoms with Gasteiger partial charge in [-0.2, -0.15) is 0 Å². The molecule has 1 rings (SSSR count). The fraction of sp³-hybridized carbons (Fsp3) is 0.250. The normalized spacial score (nSPS) is 10.3. The first-order chi connectivity index (χ1) is 9.38. The van der Waals surface area contributed by atoms with Gasteiger partial charge in [-0.15, -0.1) is 0 Å². The highest BCUT2D eigenvalue weighted by Gasteiger charge is 2.17. The van der Waals surface area contributed by atoms with Crippen molar-refractivity contribution < 1.29 is 24.6 Å². The van der Waals surface area contributed by atoms with Crippen LogP contribution in [-0.4, -0.2) is 52.6 Å². The lowest BCUT2D eigenvalue weighted by Gasteiger charge is -2.17. The molecule has 0 aliphatic rings. The maximum Gasteiger partial charge on any atom is 0.317 e. The fourth-order valence-electron chi connectivity index (χ4n) is 1.51. The van der Waals surface area contributed by atoms with E-state index < -0.39 is 30.9 Å². The van der Waals surface area contributed by atoms with Crippen LogP contribution in [0.15, 0.2) is 24.3 Å². The Kier molecular flexibility index (Phi) is 5.95. The molecule has 0 spiro atoms. The molecule has 1 aromatic rings. The van der Waals surface area contributed by atoms with E-state index in [4.69, 9.17) is 21.8 Å². The summed E-state index contributed by atoms with van der Waals surface area (Å²) in [5.74, 6) is -2.96. The Bertz CT molecular complexity index is 504. The summed E-state index contributed by atoms with van der Waals surface area (Å²) in [6.07, 6.45) is 0.